The number of fused-ring (bicyclic) bond motifs is 1. The highest BCUT2D eigenvalue weighted by atomic mass is 19.4. The van der Waals surface area contributed by atoms with Crippen molar-refractivity contribution >= 4 is 11.7 Å². The summed E-state index contributed by atoms with van der Waals surface area (Å²) in [4.78, 5) is 19.4. The van der Waals surface area contributed by atoms with Gasteiger partial charge in [0.25, 0.3) is 0 Å². The van der Waals surface area contributed by atoms with Crippen molar-refractivity contribution in [2.75, 3.05) is 26.8 Å². The van der Waals surface area contributed by atoms with Crippen LogP contribution in [0, 0.1) is 0 Å². The van der Waals surface area contributed by atoms with Gasteiger partial charge in [-0.1, -0.05) is 24.3 Å². The second-order valence-electron chi connectivity index (χ2n) is 13.3. The molecule has 260 valence electrons. The molecule has 1 atom stereocenters. The third kappa shape index (κ3) is 9.06. The van der Waals surface area contributed by atoms with Gasteiger partial charge in [0.05, 0.1) is 42.9 Å². The third-order valence-electron chi connectivity index (χ3n) is 8.11. The van der Waals surface area contributed by atoms with E-state index in [0.717, 1.165) is 48.0 Å². The van der Waals surface area contributed by atoms with Crippen molar-refractivity contribution in [3.05, 3.63) is 89.5 Å². The van der Waals surface area contributed by atoms with E-state index in [0.29, 0.717) is 36.8 Å². The van der Waals surface area contributed by atoms with Crippen molar-refractivity contribution in [1.82, 2.24) is 15.3 Å². The van der Waals surface area contributed by atoms with Crippen LogP contribution in [0.5, 0.6) is 5.75 Å². The first kappa shape index (κ1) is 36.7. The Morgan fingerprint density at radius 3 is 2.44 bits per heavy atom. The number of alkyl halides is 3. The number of phenols is 1. The highest BCUT2D eigenvalue weighted by Crippen LogP contribution is 2.40. The van der Waals surface area contributed by atoms with Crippen molar-refractivity contribution in [3.8, 4) is 16.9 Å². The quantitative estimate of drug-likeness (QED) is 0.207. The zero-order chi connectivity index (χ0) is 35.4. The number of rotatable bonds is 8. The molecular formula is C36H45F3N4O5. The number of ether oxygens (including phenoxy) is 2. The number of methoxy groups -OCH3 is 1. The summed E-state index contributed by atoms with van der Waals surface area (Å²) < 4.78 is 51.2. The molecule has 3 aliphatic heterocycles. The zero-order valence-electron chi connectivity index (χ0n) is 28.3. The van der Waals surface area contributed by atoms with Crippen molar-refractivity contribution in [2.24, 2.45) is 4.99 Å². The zero-order valence-corrected chi connectivity index (χ0v) is 28.3. The molecule has 3 aliphatic rings. The van der Waals surface area contributed by atoms with Gasteiger partial charge in [-0.05, 0) is 88.9 Å². The predicted molar refractivity (Wildman–Crippen MR) is 178 cm³/mol. The Bertz CT molecular complexity index is 1600. The molecule has 48 heavy (non-hydrogen) atoms. The summed E-state index contributed by atoms with van der Waals surface area (Å²) in [5.41, 5.74) is 4.59. The van der Waals surface area contributed by atoms with Crippen molar-refractivity contribution in [3.63, 3.8) is 0 Å². The molecule has 1 unspecified atom stereocenters. The maximum Gasteiger partial charge on any atom is 0.416 e. The first-order valence-corrected chi connectivity index (χ1v) is 15.8. The van der Waals surface area contributed by atoms with E-state index in [1.54, 1.807) is 45.0 Å². The maximum absolute atomic E-state index is 13.4. The van der Waals surface area contributed by atoms with Gasteiger partial charge in [0, 0.05) is 29.9 Å². The van der Waals surface area contributed by atoms with Crippen LogP contribution < -0.4 is 5.43 Å². The molecule has 2 aromatic rings. The summed E-state index contributed by atoms with van der Waals surface area (Å²) in [6, 6.07) is 9.51. The Balaban J connectivity index is 0.000000968. The Kier molecular flexibility index (Phi) is 11.1. The second kappa shape index (κ2) is 14.6. The molecule has 0 saturated carbocycles. The molecule has 0 aromatic heterocycles. The smallest absolute Gasteiger partial charge is 0.416 e. The van der Waals surface area contributed by atoms with Crippen LogP contribution in [0.2, 0.25) is 0 Å². The Morgan fingerprint density at radius 1 is 1.17 bits per heavy atom. The topological polar surface area (TPSA) is 107 Å². The molecule has 12 heteroatoms. The lowest BCUT2D eigenvalue weighted by molar-refractivity contribution is -0.140. The van der Waals surface area contributed by atoms with Gasteiger partial charge in [-0.25, -0.2) is 15.4 Å². The van der Waals surface area contributed by atoms with Gasteiger partial charge in [0.1, 0.15) is 17.4 Å². The van der Waals surface area contributed by atoms with Crippen LogP contribution in [0.15, 0.2) is 83.4 Å². The number of esters is 1. The number of hydrogen-bond donors (Lipinski definition) is 3. The van der Waals surface area contributed by atoms with E-state index >= 15 is 0 Å². The molecule has 1 fully saturated rings. The van der Waals surface area contributed by atoms with Crippen LogP contribution in [0.4, 0.5) is 13.2 Å². The summed E-state index contributed by atoms with van der Waals surface area (Å²) in [6.45, 7) is 14.8. The van der Waals surface area contributed by atoms with Crippen LogP contribution >= 0.6 is 0 Å². The van der Waals surface area contributed by atoms with Gasteiger partial charge in [-0.15, -0.1) is 6.58 Å². The SMILES string of the molecule is C=CCOC1(C)CCN(C2=C(CC(=O)OC)C(C)=NC3=CC(c4cccc(-c5cc(C(F)(F)F)ccc5O)c4)NN32)CC1.CC(C)(C)O. The van der Waals surface area contributed by atoms with Crippen LogP contribution in [-0.2, 0) is 20.4 Å². The number of aromatic hydroxyl groups is 1. The van der Waals surface area contributed by atoms with Gasteiger partial charge in [-0.2, -0.15) is 13.2 Å². The van der Waals surface area contributed by atoms with Gasteiger partial charge >= 0.3 is 12.1 Å². The minimum atomic E-state index is -4.54. The Labute approximate surface area is 280 Å². The van der Waals surface area contributed by atoms with Crippen molar-refractivity contribution in [2.45, 2.75) is 77.3 Å². The third-order valence-corrected chi connectivity index (χ3v) is 8.11. The van der Waals surface area contributed by atoms with E-state index in [4.69, 9.17) is 19.6 Å². The van der Waals surface area contributed by atoms with Crippen molar-refractivity contribution in [1.29, 1.82) is 0 Å². The fourth-order valence-corrected chi connectivity index (χ4v) is 5.62. The lowest BCUT2D eigenvalue weighted by atomic mass is 9.92. The lowest BCUT2D eigenvalue weighted by Gasteiger charge is -2.44. The lowest BCUT2D eigenvalue weighted by Crippen LogP contribution is -2.50. The Hall–Kier alpha value is -4.13. The standard InChI is InChI=1S/C32H35F3N4O4.C4H10O/c1-5-15-43-31(3)11-13-38(14-12-31)30-24(18-29(41)42-4)20(2)36-28-19-26(37-39(28)30)22-8-6-7-21(16-22)25-17-23(32(33,34)35)9-10-27(25)40;1-4(2,3)5/h5-10,16-17,19,26,37,40H,1,11-15,18H2,2-4H3;5H,1-3H3. The first-order valence-electron chi connectivity index (χ1n) is 15.8. The number of nitrogens with one attached hydrogen (secondary N) is 1. The van der Waals surface area contributed by atoms with Crippen LogP contribution in [0.1, 0.15) is 71.0 Å². The number of piperidine rings is 1. The fraction of sp³-hybridized carbons (Fsp3) is 0.444. The predicted octanol–water partition coefficient (Wildman–Crippen LogP) is 6.86. The maximum atomic E-state index is 13.4. The largest absolute Gasteiger partial charge is 0.507 e. The summed E-state index contributed by atoms with van der Waals surface area (Å²) in [5, 5.41) is 20.8. The van der Waals surface area contributed by atoms with E-state index < -0.39 is 17.3 Å². The molecule has 5 rings (SSSR count). The minimum absolute atomic E-state index is 0.0440. The van der Waals surface area contributed by atoms with Gasteiger partial charge < -0.3 is 24.6 Å². The van der Waals surface area contributed by atoms with E-state index in [2.05, 4.69) is 23.8 Å². The van der Waals surface area contributed by atoms with Gasteiger partial charge in [0.2, 0.25) is 0 Å². The summed E-state index contributed by atoms with van der Waals surface area (Å²) in [5.74, 6) is 0.834. The number of hydrazine groups is 1. The highest BCUT2D eigenvalue weighted by Gasteiger charge is 2.39. The number of carbonyl (C=O) groups is 1. The number of aliphatic imine (C=N–C) groups is 1. The molecule has 9 nitrogen and oxygen atoms in total. The molecule has 0 spiro atoms. The molecule has 0 bridgehead atoms. The van der Waals surface area contributed by atoms with Crippen LogP contribution in [0.3, 0.4) is 0 Å². The van der Waals surface area contributed by atoms with E-state index in [-0.39, 0.29) is 35.3 Å². The number of benzene rings is 2. The molecule has 1 saturated heterocycles. The van der Waals surface area contributed by atoms with E-state index in [1.165, 1.54) is 7.11 Å². The molecule has 0 aliphatic carbocycles. The second-order valence-corrected chi connectivity index (χ2v) is 13.3. The summed E-state index contributed by atoms with van der Waals surface area (Å²) >= 11 is 0. The molecule has 0 amide bonds. The molecule has 0 radical (unpaired) electrons. The monoisotopic (exact) mass is 670 g/mol. The fourth-order valence-electron chi connectivity index (χ4n) is 5.62. The number of nitrogens with zero attached hydrogens (tertiary/aromatic N) is 3. The van der Waals surface area contributed by atoms with E-state index in [9.17, 15) is 23.1 Å². The highest BCUT2D eigenvalue weighted by molar-refractivity contribution is 6.03. The summed E-state index contributed by atoms with van der Waals surface area (Å²) in [7, 11) is 1.35. The first-order chi connectivity index (χ1) is 22.4. The van der Waals surface area contributed by atoms with Gasteiger partial charge in [-0.3, -0.25) is 4.79 Å². The number of phenolic OH excluding ortho intramolecular Hbond substituents is 1. The molecule has 3 N–H and O–H groups in total. The van der Waals surface area contributed by atoms with Crippen molar-refractivity contribution < 1.29 is 37.7 Å². The minimum Gasteiger partial charge on any atom is -0.507 e. The number of likely N-dealkylation sites (tertiary alicyclic amines) is 1. The Morgan fingerprint density at radius 2 is 1.83 bits per heavy atom. The average Bonchev–Trinajstić information content (AvgIpc) is 3.43. The number of aliphatic hydroxyl groups is 1. The molecule has 2 aromatic carbocycles. The average molecular weight is 671 g/mol. The normalized spacial score (nSPS) is 19.2. The number of halogens is 3. The van der Waals surface area contributed by atoms with Crippen LogP contribution in [-0.4, -0.2) is 69.8 Å². The number of hydrogen-bond acceptors (Lipinski definition) is 9. The van der Waals surface area contributed by atoms with Gasteiger partial charge in [0.15, 0.2) is 0 Å². The van der Waals surface area contributed by atoms with E-state index in [1.807, 2.05) is 24.1 Å². The summed E-state index contributed by atoms with van der Waals surface area (Å²) in [6.07, 6.45) is 0.720. The molecular weight excluding hydrogens is 625 g/mol. The van der Waals surface area contributed by atoms with Crippen LogP contribution in [0.25, 0.3) is 11.1 Å². The number of carbonyl (C=O) groups excluding carboxylic acids is 1. The molecule has 3 heterocycles.